The highest BCUT2D eigenvalue weighted by atomic mass is 35.5. The van der Waals surface area contributed by atoms with Crippen LogP contribution in [0.5, 0.6) is 5.88 Å². The smallest absolute Gasteiger partial charge is 0.333 e. The van der Waals surface area contributed by atoms with Crippen LogP contribution in [0.2, 0.25) is 5.02 Å². The van der Waals surface area contributed by atoms with Crippen molar-refractivity contribution >= 4 is 37.5 Å². The molecule has 0 fully saturated rings. The van der Waals surface area contributed by atoms with Crippen LogP contribution in [-0.2, 0) is 29.5 Å². The van der Waals surface area contributed by atoms with E-state index in [-0.39, 0.29) is 0 Å². The molecular formula is C20H18ClNO8S2. The summed E-state index contributed by atoms with van der Waals surface area (Å²) in [5.41, 5.74) is 1.20. The molecule has 0 aliphatic carbocycles. The normalized spacial score (nSPS) is 13.0. The Morgan fingerprint density at radius 2 is 1.44 bits per heavy atom. The molecule has 12 heteroatoms. The number of halogens is 1. The van der Waals surface area contributed by atoms with Crippen LogP contribution in [-0.4, -0.2) is 40.5 Å². The van der Waals surface area contributed by atoms with Crippen molar-refractivity contribution in [2.75, 3.05) is 12.5 Å². The number of rotatable bonds is 8. The zero-order valence-corrected chi connectivity index (χ0v) is 19.2. The van der Waals surface area contributed by atoms with Gasteiger partial charge < -0.3 is 13.4 Å². The molecule has 0 saturated carbocycles. The van der Waals surface area contributed by atoms with Crippen LogP contribution >= 0.6 is 11.6 Å². The van der Waals surface area contributed by atoms with Crippen molar-refractivity contribution in [3.8, 4) is 5.88 Å². The standard InChI is InChI=1S/C20H18ClNO8S2/c1-31(24,25)18(17-15(21)19(22-29-17)30-32(2,26)27)20(23)28-16(13-9-5-3-6-10-13)14-11-7-4-8-12-14/h3-12,16,18H,1-2H3. The van der Waals surface area contributed by atoms with Crippen molar-refractivity contribution < 1.29 is 35.1 Å². The summed E-state index contributed by atoms with van der Waals surface area (Å²) < 4.78 is 62.7. The van der Waals surface area contributed by atoms with Crippen LogP contribution in [0.3, 0.4) is 0 Å². The number of carbonyl (C=O) groups excluding carboxylic acids is 1. The molecule has 0 saturated heterocycles. The quantitative estimate of drug-likeness (QED) is 0.339. The van der Waals surface area contributed by atoms with E-state index in [2.05, 4.69) is 9.34 Å². The Balaban J connectivity index is 2.01. The molecule has 0 bridgehead atoms. The third-order valence-electron chi connectivity index (χ3n) is 4.18. The van der Waals surface area contributed by atoms with Gasteiger partial charge in [-0.2, -0.15) is 8.42 Å². The zero-order chi connectivity index (χ0) is 23.5. The van der Waals surface area contributed by atoms with E-state index in [1.165, 1.54) is 0 Å². The number of carbonyl (C=O) groups is 1. The lowest BCUT2D eigenvalue weighted by molar-refractivity contribution is -0.147. The highest BCUT2D eigenvalue weighted by Crippen LogP contribution is 2.38. The van der Waals surface area contributed by atoms with Crippen molar-refractivity contribution in [1.82, 2.24) is 5.16 Å². The first kappa shape index (κ1) is 23.8. The van der Waals surface area contributed by atoms with E-state index in [0.717, 1.165) is 12.5 Å². The summed E-state index contributed by atoms with van der Waals surface area (Å²) in [7, 11) is -8.21. The third-order valence-corrected chi connectivity index (χ3v) is 6.25. The number of sulfone groups is 1. The average molecular weight is 500 g/mol. The SMILES string of the molecule is CS(=O)(=O)Oc1noc(C(C(=O)OC(c2ccccc2)c2ccccc2)S(C)(=O)=O)c1Cl. The highest BCUT2D eigenvalue weighted by Gasteiger charge is 2.41. The molecule has 0 amide bonds. The Bertz CT molecular complexity index is 1270. The summed E-state index contributed by atoms with van der Waals surface area (Å²) in [6.07, 6.45) is 0.599. The molecule has 0 radical (unpaired) electrons. The average Bonchev–Trinajstić information content (AvgIpc) is 3.05. The topological polar surface area (TPSA) is 130 Å². The Morgan fingerprint density at radius 3 is 1.88 bits per heavy atom. The van der Waals surface area contributed by atoms with Gasteiger partial charge in [-0.1, -0.05) is 72.3 Å². The van der Waals surface area contributed by atoms with E-state index in [0.29, 0.717) is 11.1 Å². The van der Waals surface area contributed by atoms with Gasteiger partial charge in [0.2, 0.25) is 5.25 Å². The maximum atomic E-state index is 13.1. The van der Waals surface area contributed by atoms with Gasteiger partial charge in [-0.05, 0) is 16.3 Å². The summed E-state index contributed by atoms with van der Waals surface area (Å²) in [6.45, 7) is 0. The highest BCUT2D eigenvalue weighted by molar-refractivity contribution is 7.91. The maximum absolute atomic E-state index is 13.1. The van der Waals surface area contributed by atoms with Gasteiger partial charge in [-0.25, -0.2) is 8.42 Å². The van der Waals surface area contributed by atoms with Crippen molar-refractivity contribution in [2.24, 2.45) is 0 Å². The summed E-state index contributed by atoms with van der Waals surface area (Å²) in [6, 6.07) is 17.4. The fraction of sp³-hybridized carbons (Fsp3) is 0.200. The van der Waals surface area contributed by atoms with E-state index < -0.39 is 53.9 Å². The second-order valence-corrected chi connectivity index (χ2v) is 10.9. The van der Waals surface area contributed by atoms with E-state index in [4.69, 9.17) is 20.9 Å². The second kappa shape index (κ2) is 9.31. The van der Waals surface area contributed by atoms with Crippen LogP contribution in [0.1, 0.15) is 28.2 Å². The predicted octanol–water partition coefficient (Wildman–Crippen LogP) is 3.08. The van der Waals surface area contributed by atoms with Gasteiger partial charge in [0.05, 0.1) is 6.26 Å². The Kier molecular flexibility index (Phi) is 6.91. The molecule has 0 aliphatic rings. The summed E-state index contributed by atoms with van der Waals surface area (Å²) in [5.74, 6) is -2.49. The molecule has 1 heterocycles. The molecule has 3 rings (SSSR count). The van der Waals surface area contributed by atoms with Gasteiger partial charge in [-0.3, -0.25) is 4.79 Å². The molecule has 32 heavy (non-hydrogen) atoms. The number of ether oxygens (including phenoxy) is 1. The van der Waals surface area contributed by atoms with Crippen LogP contribution < -0.4 is 4.18 Å². The number of hydrogen-bond donors (Lipinski definition) is 0. The lowest BCUT2D eigenvalue weighted by Crippen LogP contribution is -2.25. The molecule has 9 nitrogen and oxygen atoms in total. The minimum Gasteiger partial charge on any atom is -0.451 e. The molecule has 3 aromatic rings. The van der Waals surface area contributed by atoms with Gasteiger partial charge in [0.15, 0.2) is 26.7 Å². The largest absolute Gasteiger partial charge is 0.451 e. The summed E-state index contributed by atoms with van der Waals surface area (Å²) >= 11 is 6.03. The molecule has 0 aliphatic heterocycles. The second-order valence-electron chi connectivity index (χ2n) is 6.80. The lowest BCUT2D eigenvalue weighted by atomic mass is 10.0. The van der Waals surface area contributed by atoms with Gasteiger partial charge in [0.25, 0.3) is 5.88 Å². The van der Waals surface area contributed by atoms with E-state index >= 15 is 0 Å². The van der Waals surface area contributed by atoms with Gasteiger partial charge in [0, 0.05) is 6.26 Å². The minimum absolute atomic E-state index is 0.571. The molecule has 1 aromatic heterocycles. The van der Waals surface area contributed by atoms with E-state index in [1.807, 2.05) is 0 Å². The lowest BCUT2D eigenvalue weighted by Gasteiger charge is -2.21. The Morgan fingerprint density at radius 1 is 0.938 bits per heavy atom. The van der Waals surface area contributed by atoms with E-state index in [9.17, 15) is 21.6 Å². The van der Waals surface area contributed by atoms with Crippen molar-refractivity contribution in [1.29, 1.82) is 0 Å². The molecule has 170 valence electrons. The number of nitrogens with zero attached hydrogens (tertiary/aromatic N) is 1. The first-order chi connectivity index (χ1) is 15.0. The Labute approximate surface area is 189 Å². The van der Waals surface area contributed by atoms with Crippen molar-refractivity contribution in [2.45, 2.75) is 11.4 Å². The van der Waals surface area contributed by atoms with Gasteiger partial charge >= 0.3 is 16.1 Å². The fourth-order valence-electron chi connectivity index (χ4n) is 2.87. The maximum Gasteiger partial charge on any atom is 0.333 e. The Hall–Kier alpha value is -2.89. The molecule has 1 atom stereocenters. The molecular weight excluding hydrogens is 482 g/mol. The number of benzene rings is 2. The summed E-state index contributed by atoms with van der Waals surface area (Å²) in [4.78, 5) is 13.1. The van der Waals surface area contributed by atoms with Gasteiger partial charge in [0.1, 0.15) is 0 Å². The summed E-state index contributed by atoms with van der Waals surface area (Å²) in [5, 5.41) is 0.757. The zero-order valence-electron chi connectivity index (χ0n) is 16.8. The number of hydrogen-bond acceptors (Lipinski definition) is 9. The molecule has 0 N–H and O–H groups in total. The first-order valence-electron chi connectivity index (χ1n) is 9.01. The molecule has 1 unspecified atom stereocenters. The van der Waals surface area contributed by atoms with Crippen molar-refractivity contribution in [3.63, 3.8) is 0 Å². The minimum atomic E-state index is -4.18. The molecule has 2 aromatic carbocycles. The number of aromatic nitrogens is 1. The predicted molar refractivity (Wildman–Crippen MR) is 115 cm³/mol. The monoisotopic (exact) mass is 499 g/mol. The van der Waals surface area contributed by atoms with E-state index in [1.54, 1.807) is 60.7 Å². The van der Waals surface area contributed by atoms with Crippen LogP contribution in [0.15, 0.2) is 65.2 Å². The first-order valence-corrected chi connectivity index (χ1v) is 13.2. The third kappa shape index (κ3) is 5.67. The van der Waals surface area contributed by atoms with Crippen molar-refractivity contribution in [3.05, 3.63) is 82.6 Å². The van der Waals surface area contributed by atoms with Crippen LogP contribution in [0, 0.1) is 0 Å². The molecule has 0 spiro atoms. The van der Waals surface area contributed by atoms with Gasteiger partial charge in [-0.15, -0.1) is 0 Å². The fourth-order valence-corrected chi connectivity index (χ4v) is 4.56. The van der Waals surface area contributed by atoms with Crippen LogP contribution in [0.4, 0.5) is 0 Å². The van der Waals surface area contributed by atoms with Crippen LogP contribution in [0.25, 0.3) is 0 Å². The number of esters is 1.